The van der Waals surface area contributed by atoms with E-state index >= 15 is 0 Å². The summed E-state index contributed by atoms with van der Waals surface area (Å²) in [5.41, 5.74) is 2.24. The molecule has 1 aromatic rings. The van der Waals surface area contributed by atoms with Gasteiger partial charge in [-0.15, -0.1) is 0 Å². The minimum atomic E-state index is -0.586. The highest BCUT2D eigenvalue weighted by molar-refractivity contribution is 6.36. The van der Waals surface area contributed by atoms with E-state index in [1.54, 1.807) is 6.92 Å². The van der Waals surface area contributed by atoms with Crippen LogP contribution < -0.4 is 0 Å². The zero-order valence-corrected chi connectivity index (χ0v) is 13.7. The molecule has 1 rings (SSSR count). The van der Waals surface area contributed by atoms with Gasteiger partial charge < -0.3 is 14.7 Å². The Hall–Kier alpha value is -1.88. The summed E-state index contributed by atoms with van der Waals surface area (Å²) in [7, 11) is 0. The van der Waals surface area contributed by atoms with Crippen molar-refractivity contribution in [3.05, 3.63) is 35.4 Å². The Balaban J connectivity index is 2.77. The van der Waals surface area contributed by atoms with Crippen molar-refractivity contribution in [1.82, 2.24) is 0 Å². The van der Waals surface area contributed by atoms with E-state index in [0.29, 0.717) is 12.8 Å². The molecule has 122 valence electrons. The molecule has 0 spiro atoms. The molecular formula is C17H25NO4. The van der Waals surface area contributed by atoms with Crippen LogP contribution in [0.2, 0.25) is 0 Å². The molecule has 0 aliphatic carbocycles. The van der Waals surface area contributed by atoms with Crippen LogP contribution in [-0.4, -0.2) is 29.6 Å². The SMILES string of the molecule is CCOC(=O)/C(CCC(OC(C)C)c1ccc(C)cc1)=N/O. The van der Waals surface area contributed by atoms with Crippen LogP contribution in [0.3, 0.4) is 0 Å². The largest absolute Gasteiger partial charge is 0.461 e. The molecule has 0 radical (unpaired) electrons. The van der Waals surface area contributed by atoms with Gasteiger partial charge in [0.05, 0.1) is 18.8 Å². The van der Waals surface area contributed by atoms with Gasteiger partial charge in [-0.3, -0.25) is 0 Å². The van der Waals surface area contributed by atoms with Crippen LogP contribution in [0.25, 0.3) is 0 Å². The van der Waals surface area contributed by atoms with Gasteiger partial charge in [0.1, 0.15) is 0 Å². The third-order valence-corrected chi connectivity index (χ3v) is 3.16. The van der Waals surface area contributed by atoms with E-state index in [1.807, 2.05) is 45.0 Å². The normalized spacial score (nSPS) is 13.2. The van der Waals surface area contributed by atoms with Gasteiger partial charge in [0.25, 0.3) is 0 Å². The second-order valence-electron chi connectivity index (χ2n) is 5.39. The minimum Gasteiger partial charge on any atom is -0.461 e. The molecule has 0 bridgehead atoms. The summed E-state index contributed by atoms with van der Waals surface area (Å²) in [6.07, 6.45) is 0.732. The van der Waals surface area contributed by atoms with Crippen molar-refractivity contribution in [3.63, 3.8) is 0 Å². The van der Waals surface area contributed by atoms with Crippen molar-refractivity contribution in [3.8, 4) is 0 Å². The molecule has 0 saturated carbocycles. The van der Waals surface area contributed by atoms with Crippen molar-refractivity contribution in [1.29, 1.82) is 0 Å². The van der Waals surface area contributed by atoms with Crippen LogP contribution in [0.4, 0.5) is 0 Å². The van der Waals surface area contributed by atoms with Crippen LogP contribution in [-0.2, 0) is 14.3 Å². The summed E-state index contributed by atoms with van der Waals surface area (Å²) in [6.45, 7) is 7.92. The highest BCUT2D eigenvalue weighted by Gasteiger charge is 2.19. The van der Waals surface area contributed by atoms with Crippen molar-refractivity contribution < 1.29 is 19.5 Å². The second kappa shape index (κ2) is 9.20. The summed E-state index contributed by atoms with van der Waals surface area (Å²) in [6, 6.07) is 8.09. The van der Waals surface area contributed by atoms with E-state index in [9.17, 15) is 4.79 Å². The van der Waals surface area contributed by atoms with Gasteiger partial charge in [0.15, 0.2) is 5.71 Å². The molecule has 0 heterocycles. The van der Waals surface area contributed by atoms with E-state index in [-0.39, 0.29) is 24.5 Å². The molecule has 0 aliphatic heterocycles. The number of ether oxygens (including phenoxy) is 2. The number of carbonyl (C=O) groups excluding carboxylic acids is 1. The molecule has 5 nitrogen and oxygen atoms in total. The fraction of sp³-hybridized carbons (Fsp3) is 0.529. The Morgan fingerprint density at radius 3 is 2.41 bits per heavy atom. The lowest BCUT2D eigenvalue weighted by molar-refractivity contribution is -0.135. The molecule has 22 heavy (non-hydrogen) atoms. The summed E-state index contributed by atoms with van der Waals surface area (Å²) < 4.78 is 10.8. The molecule has 0 amide bonds. The summed E-state index contributed by atoms with van der Waals surface area (Å²) in [5, 5.41) is 12.0. The first-order valence-electron chi connectivity index (χ1n) is 7.58. The Morgan fingerprint density at radius 1 is 1.27 bits per heavy atom. The first-order chi connectivity index (χ1) is 10.5. The van der Waals surface area contributed by atoms with Crippen LogP contribution in [0.1, 0.15) is 50.8 Å². The fourth-order valence-electron chi connectivity index (χ4n) is 2.10. The van der Waals surface area contributed by atoms with Crippen LogP contribution >= 0.6 is 0 Å². The van der Waals surface area contributed by atoms with Gasteiger partial charge in [-0.2, -0.15) is 0 Å². The first-order valence-corrected chi connectivity index (χ1v) is 7.58. The number of carbonyl (C=O) groups is 1. The predicted molar refractivity (Wildman–Crippen MR) is 85.2 cm³/mol. The van der Waals surface area contributed by atoms with Gasteiger partial charge in [0.2, 0.25) is 0 Å². The number of rotatable bonds is 8. The van der Waals surface area contributed by atoms with Crippen LogP contribution in [0.15, 0.2) is 29.4 Å². The number of esters is 1. The lowest BCUT2D eigenvalue weighted by Gasteiger charge is -2.21. The zero-order valence-electron chi connectivity index (χ0n) is 13.7. The first kappa shape index (κ1) is 18.2. The molecule has 1 aromatic carbocycles. The lowest BCUT2D eigenvalue weighted by atomic mass is 10.0. The van der Waals surface area contributed by atoms with E-state index in [4.69, 9.17) is 14.7 Å². The minimum absolute atomic E-state index is 0.0197. The molecule has 1 atom stereocenters. The van der Waals surface area contributed by atoms with Crippen molar-refractivity contribution in [2.24, 2.45) is 5.16 Å². The molecule has 5 heteroatoms. The maximum absolute atomic E-state index is 11.6. The van der Waals surface area contributed by atoms with Gasteiger partial charge in [0, 0.05) is 6.42 Å². The number of aryl methyl sites for hydroxylation is 1. The van der Waals surface area contributed by atoms with Gasteiger partial charge in [-0.1, -0.05) is 35.0 Å². The van der Waals surface area contributed by atoms with E-state index < -0.39 is 5.97 Å². The molecule has 0 aromatic heterocycles. The van der Waals surface area contributed by atoms with Crippen molar-refractivity contribution in [2.45, 2.75) is 52.7 Å². The molecule has 0 aliphatic rings. The van der Waals surface area contributed by atoms with Crippen LogP contribution in [0, 0.1) is 6.92 Å². The Kier molecular flexibility index (Phi) is 7.60. The standard InChI is InChI=1S/C17H25NO4/c1-5-21-17(19)15(18-20)10-11-16(22-12(2)3)14-8-6-13(4)7-9-14/h6-9,12,16,20H,5,10-11H2,1-4H3/b18-15+. The summed E-state index contributed by atoms with van der Waals surface area (Å²) >= 11 is 0. The third kappa shape index (κ3) is 5.85. The number of oxime groups is 1. The highest BCUT2D eigenvalue weighted by Crippen LogP contribution is 2.25. The average Bonchev–Trinajstić information content (AvgIpc) is 2.47. The number of benzene rings is 1. The number of nitrogens with zero attached hydrogens (tertiary/aromatic N) is 1. The maximum atomic E-state index is 11.6. The average molecular weight is 307 g/mol. The third-order valence-electron chi connectivity index (χ3n) is 3.16. The smallest absolute Gasteiger partial charge is 0.356 e. The molecule has 1 N–H and O–H groups in total. The lowest BCUT2D eigenvalue weighted by Crippen LogP contribution is -2.20. The van der Waals surface area contributed by atoms with E-state index in [0.717, 1.165) is 5.56 Å². The van der Waals surface area contributed by atoms with Crippen LogP contribution in [0.5, 0.6) is 0 Å². The molecular weight excluding hydrogens is 282 g/mol. The van der Waals surface area contributed by atoms with Crippen molar-refractivity contribution >= 4 is 11.7 Å². The topological polar surface area (TPSA) is 68.1 Å². The van der Waals surface area contributed by atoms with Gasteiger partial charge >= 0.3 is 5.97 Å². The van der Waals surface area contributed by atoms with Gasteiger partial charge in [-0.25, -0.2) is 4.79 Å². The van der Waals surface area contributed by atoms with Gasteiger partial charge in [-0.05, 0) is 39.7 Å². The quantitative estimate of drug-likeness (QED) is 0.344. The Labute approximate surface area is 131 Å². The number of hydrogen-bond donors (Lipinski definition) is 1. The monoisotopic (exact) mass is 307 g/mol. The Morgan fingerprint density at radius 2 is 1.91 bits per heavy atom. The molecule has 1 unspecified atom stereocenters. The maximum Gasteiger partial charge on any atom is 0.356 e. The number of hydrogen-bond acceptors (Lipinski definition) is 5. The van der Waals surface area contributed by atoms with Crippen molar-refractivity contribution in [2.75, 3.05) is 6.61 Å². The second-order valence-corrected chi connectivity index (χ2v) is 5.39. The fourth-order valence-corrected chi connectivity index (χ4v) is 2.10. The Bertz CT molecular complexity index is 494. The zero-order chi connectivity index (χ0) is 16.5. The summed E-state index contributed by atoms with van der Waals surface area (Å²) in [5.74, 6) is -0.586. The molecule has 0 saturated heterocycles. The van der Waals surface area contributed by atoms with E-state index in [1.165, 1.54) is 5.56 Å². The highest BCUT2D eigenvalue weighted by atomic mass is 16.5. The predicted octanol–water partition coefficient (Wildman–Crippen LogP) is 3.63. The molecule has 0 fully saturated rings. The van der Waals surface area contributed by atoms with E-state index in [2.05, 4.69) is 5.16 Å². The summed E-state index contributed by atoms with van der Waals surface area (Å²) in [4.78, 5) is 11.6.